The van der Waals surface area contributed by atoms with Gasteiger partial charge in [-0.15, -0.1) is 0 Å². The topological polar surface area (TPSA) is 49.9 Å². The van der Waals surface area contributed by atoms with E-state index in [0.29, 0.717) is 6.61 Å². The van der Waals surface area contributed by atoms with Gasteiger partial charge in [0.15, 0.2) is 0 Å². The van der Waals surface area contributed by atoms with E-state index in [9.17, 15) is 9.59 Å². The zero-order chi connectivity index (χ0) is 12.0. The smallest absolute Gasteiger partial charge is 0.323 e. The predicted molar refractivity (Wildman–Crippen MR) is 57.4 cm³/mol. The lowest BCUT2D eigenvalue weighted by atomic mass is 10.2. The summed E-state index contributed by atoms with van der Waals surface area (Å²) < 4.78 is 4.89. The van der Waals surface area contributed by atoms with E-state index in [4.69, 9.17) is 4.74 Å². The molecular formula is C10H20N2O3. The Hall–Kier alpha value is -1.10. The van der Waals surface area contributed by atoms with E-state index in [1.807, 2.05) is 0 Å². The van der Waals surface area contributed by atoms with Crippen molar-refractivity contribution >= 4 is 11.9 Å². The number of carbonyl (C=O) groups excluding carboxylic acids is 2. The number of esters is 1. The number of likely N-dealkylation sites (N-methyl/N-ethyl adjacent to an activating group) is 1. The van der Waals surface area contributed by atoms with Crippen molar-refractivity contribution < 1.29 is 14.3 Å². The Kier molecular flexibility index (Phi) is 5.93. The monoisotopic (exact) mass is 216 g/mol. The van der Waals surface area contributed by atoms with Crippen LogP contribution < -0.4 is 0 Å². The van der Waals surface area contributed by atoms with Gasteiger partial charge in [-0.25, -0.2) is 0 Å². The maximum Gasteiger partial charge on any atom is 0.323 e. The summed E-state index contributed by atoms with van der Waals surface area (Å²) in [5.74, 6) is -0.431. The molecule has 0 spiro atoms. The number of hydrogen-bond donors (Lipinski definition) is 0. The second-order valence-electron chi connectivity index (χ2n) is 3.72. The van der Waals surface area contributed by atoms with Crippen LogP contribution in [0.4, 0.5) is 0 Å². The third kappa shape index (κ3) is 4.78. The Balaban J connectivity index is 4.41. The number of rotatable bonds is 5. The summed E-state index contributed by atoms with van der Waals surface area (Å²) in [5, 5.41) is 0. The minimum absolute atomic E-state index is 0.0817. The van der Waals surface area contributed by atoms with Crippen molar-refractivity contribution in [2.45, 2.75) is 19.4 Å². The van der Waals surface area contributed by atoms with E-state index < -0.39 is 6.04 Å². The molecule has 5 heteroatoms. The first kappa shape index (κ1) is 13.9. The van der Waals surface area contributed by atoms with Crippen LogP contribution in [-0.4, -0.2) is 62.5 Å². The molecule has 0 radical (unpaired) electrons. The molecule has 0 aromatic carbocycles. The molecular weight excluding hydrogens is 196 g/mol. The third-order valence-corrected chi connectivity index (χ3v) is 2.05. The van der Waals surface area contributed by atoms with Gasteiger partial charge in [0.25, 0.3) is 0 Å². The van der Waals surface area contributed by atoms with Gasteiger partial charge in [-0.1, -0.05) is 0 Å². The minimum atomic E-state index is -0.500. The molecule has 1 atom stereocenters. The largest absolute Gasteiger partial charge is 0.465 e. The van der Waals surface area contributed by atoms with Crippen LogP contribution in [0.15, 0.2) is 0 Å². The maximum absolute atomic E-state index is 11.5. The fourth-order valence-electron chi connectivity index (χ4n) is 1.06. The second-order valence-corrected chi connectivity index (χ2v) is 3.72. The average molecular weight is 216 g/mol. The van der Waals surface area contributed by atoms with Crippen LogP contribution in [0.25, 0.3) is 0 Å². The van der Waals surface area contributed by atoms with Crippen molar-refractivity contribution in [2.75, 3.05) is 34.8 Å². The lowest BCUT2D eigenvalue weighted by Gasteiger charge is -2.23. The van der Waals surface area contributed by atoms with Crippen molar-refractivity contribution in [2.24, 2.45) is 0 Å². The summed E-state index contributed by atoms with van der Waals surface area (Å²) in [5.41, 5.74) is 0. The number of carbonyl (C=O) groups is 2. The van der Waals surface area contributed by atoms with Crippen LogP contribution >= 0.6 is 0 Å². The zero-order valence-electron chi connectivity index (χ0n) is 10.1. The van der Waals surface area contributed by atoms with Crippen molar-refractivity contribution in [3.63, 3.8) is 0 Å². The van der Waals surface area contributed by atoms with Crippen molar-refractivity contribution in [1.82, 2.24) is 9.80 Å². The number of nitrogens with zero attached hydrogens (tertiary/aromatic N) is 2. The van der Waals surface area contributed by atoms with E-state index in [-0.39, 0.29) is 18.3 Å². The highest BCUT2D eigenvalue weighted by Crippen LogP contribution is 2.04. The molecule has 0 bridgehead atoms. The summed E-state index contributed by atoms with van der Waals surface area (Å²) in [6, 6.07) is -0.500. The molecule has 0 aromatic heterocycles. The number of ether oxygens (including phenoxy) is 1. The van der Waals surface area contributed by atoms with Gasteiger partial charge >= 0.3 is 5.97 Å². The third-order valence-electron chi connectivity index (χ3n) is 2.05. The molecule has 0 saturated carbocycles. The molecule has 1 unspecified atom stereocenters. The SMILES string of the molecule is CCOC(=O)C(CC(=O)N(C)C)N(C)C. The van der Waals surface area contributed by atoms with Gasteiger partial charge in [0, 0.05) is 14.1 Å². The molecule has 0 aromatic rings. The van der Waals surface area contributed by atoms with Crippen molar-refractivity contribution in [3.8, 4) is 0 Å². The van der Waals surface area contributed by atoms with Gasteiger partial charge < -0.3 is 9.64 Å². The van der Waals surface area contributed by atoms with Crippen molar-refractivity contribution in [3.05, 3.63) is 0 Å². The Labute approximate surface area is 91.0 Å². The summed E-state index contributed by atoms with van der Waals surface area (Å²) in [4.78, 5) is 26.1. The molecule has 0 rings (SSSR count). The molecule has 0 aliphatic heterocycles. The van der Waals surface area contributed by atoms with E-state index in [2.05, 4.69) is 0 Å². The Morgan fingerprint density at radius 3 is 2.07 bits per heavy atom. The molecule has 1 amide bonds. The Morgan fingerprint density at radius 2 is 1.73 bits per heavy atom. The molecule has 0 heterocycles. The highest BCUT2D eigenvalue weighted by molar-refractivity contribution is 5.85. The highest BCUT2D eigenvalue weighted by atomic mass is 16.5. The molecule has 5 nitrogen and oxygen atoms in total. The lowest BCUT2D eigenvalue weighted by Crippen LogP contribution is -2.41. The summed E-state index contributed by atoms with van der Waals surface area (Å²) >= 11 is 0. The van der Waals surface area contributed by atoms with Gasteiger partial charge in [-0.3, -0.25) is 14.5 Å². The van der Waals surface area contributed by atoms with Gasteiger partial charge in [-0.2, -0.15) is 0 Å². The van der Waals surface area contributed by atoms with Gasteiger partial charge in [-0.05, 0) is 21.0 Å². The van der Waals surface area contributed by atoms with E-state index in [1.165, 1.54) is 4.90 Å². The number of hydrogen-bond acceptors (Lipinski definition) is 4. The zero-order valence-corrected chi connectivity index (χ0v) is 10.1. The highest BCUT2D eigenvalue weighted by Gasteiger charge is 2.25. The average Bonchev–Trinajstić information content (AvgIpc) is 2.13. The molecule has 0 saturated heterocycles. The predicted octanol–water partition coefficient (Wildman–Crippen LogP) is -0.0420. The van der Waals surface area contributed by atoms with E-state index >= 15 is 0 Å². The summed E-state index contributed by atoms with van der Waals surface area (Å²) in [6.07, 6.45) is 0.152. The fraction of sp³-hybridized carbons (Fsp3) is 0.800. The Morgan fingerprint density at radius 1 is 1.20 bits per heavy atom. The summed E-state index contributed by atoms with van der Waals surface area (Å²) in [7, 11) is 6.84. The van der Waals surface area contributed by atoms with E-state index in [0.717, 1.165) is 0 Å². The van der Waals surface area contributed by atoms with Gasteiger partial charge in [0.05, 0.1) is 13.0 Å². The molecule has 0 aliphatic carbocycles. The first-order chi connectivity index (χ1) is 6.90. The van der Waals surface area contributed by atoms with Gasteiger partial charge in [0.2, 0.25) is 5.91 Å². The second kappa shape index (κ2) is 6.40. The van der Waals surface area contributed by atoms with Gasteiger partial charge in [0.1, 0.15) is 6.04 Å². The molecule has 0 fully saturated rings. The standard InChI is InChI=1S/C10H20N2O3/c1-6-15-10(14)8(11(2)3)7-9(13)12(4)5/h8H,6-7H2,1-5H3. The first-order valence-corrected chi connectivity index (χ1v) is 4.93. The normalized spacial score (nSPS) is 12.4. The van der Waals surface area contributed by atoms with Crippen LogP contribution in [0.3, 0.4) is 0 Å². The first-order valence-electron chi connectivity index (χ1n) is 4.93. The molecule has 88 valence electrons. The molecule has 15 heavy (non-hydrogen) atoms. The van der Waals surface area contributed by atoms with Crippen molar-refractivity contribution in [1.29, 1.82) is 0 Å². The van der Waals surface area contributed by atoms with Crippen LogP contribution in [-0.2, 0) is 14.3 Å². The van der Waals surface area contributed by atoms with Crippen LogP contribution in [0.5, 0.6) is 0 Å². The minimum Gasteiger partial charge on any atom is -0.465 e. The maximum atomic E-state index is 11.5. The summed E-state index contributed by atoms with van der Waals surface area (Å²) in [6.45, 7) is 2.08. The lowest BCUT2D eigenvalue weighted by molar-refractivity contribution is -0.151. The van der Waals surface area contributed by atoms with Crippen LogP contribution in [0.2, 0.25) is 0 Å². The molecule has 0 aliphatic rings. The number of amides is 1. The quantitative estimate of drug-likeness (QED) is 0.605. The van der Waals surface area contributed by atoms with Crippen LogP contribution in [0, 0.1) is 0 Å². The fourth-order valence-corrected chi connectivity index (χ4v) is 1.06. The molecule has 0 N–H and O–H groups in total. The Bertz CT molecular complexity index is 227. The van der Waals surface area contributed by atoms with E-state index in [1.54, 1.807) is 40.0 Å². The van der Waals surface area contributed by atoms with Crippen LogP contribution in [0.1, 0.15) is 13.3 Å².